The Bertz CT molecular complexity index is 2770. The van der Waals surface area contributed by atoms with Gasteiger partial charge in [0.1, 0.15) is 0 Å². The van der Waals surface area contributed by atoms with Crippen LogP contribution in [0.25, 0.3) is 54.6 Å². The fourth-order valence-electron chi connectivity index (χ4n) is 8.72. The van der Waals surface area contributed by atoms with Crippen molar-refractivity contribution in [2.24, 2.45) is 0 Å². The van der Waals surface area contributed by atoms with Crippen molar-refractivity contribution in [1.82, 2.24) is 0 Å². The van der Waals surface area contributed by atoms with E-state index in [0.29, 0.717) is 0 Å². The number of nitrogens with zero attached hydrogens (tertiary/aromatic N) is 2. The topological polar surface area (TPSA) is 6.48 Å². The van der Waals surface area contributed by atoms with Gasteiger partial charge in [0, 0.05) is 33.5 Å². The van der Waals surface area contributed by atoms with Gasteiger partial charge in [-0.1, -0.05) is 158 Å². The van der Waals surface area contributed by atoms with E-state index >= 15 is 0 Å². The minimum Gasteiger partial charge on any atom is -0.310 e. The van der Waals surface area contributed by atoms with Gasteiger partial charge >= 0.3 is 0 Å². The van der Waals surface area contributed by atoms with Gasteiger partial charge in [-0.2, -0.15) is 0 Å². The van der Waals surface area contributed by atoms with Gasteiger partial charge in [0.2, 0.25) is 0 Å². The van der Waals surface area contributed by atoms with Gasteiger partial charge in [-0.15, -0.1) is 0 Å². The molecule has 10 aromatic rings. The van der Waals surface area contributed by atoms with Crippen molar-refractivity contribution in [2.75, 3.05) is 9.80 Å². The minimum absolute atomic E-state index is 1.13. The number of anilines is 6. The fraction of sp³-hybridized carbons (Fsp3) is 0.0370. The van der Waals surface area contributed by atoms with Crippen LogP contribution in [0.5, 0.6) is 0 Å². The molecule has 56 heavy (non-hydrogen) atoms. The summed E-state index contributed by atoms with van der Waals surface area (Å²) >= 11 is 0. The Morgan fingerprint density at radius 1 is 0.286 bits per heavy atom. The first-order valence-corrected chi connectivity index (χ1v) is 19.4. The number of para-hydroxylation sites is 2. The molecular formula is C54H40N2. The quantitative estimate of drug-likeness (QED) is 0.144. The van der Waals surface area contributed by atoms with Crippen molar-refractivity contribution in [3.05, 3.63) is 217 Å². The van der Waals surface area contributed by atoms with Crippen LogP contribution in [0.3, 0.4) is 0 Å². The molecule has 0 saturated heterocycles. The molecule has 0 aliphatic heterocycles. The van der Waals surface area contributed by atoms with E-state index in [1.165, 1.54) is 65.7 Å². The Hall–Kier alpha value is -7.16. The number of benzene rings is 10. The summed E-state index contributed by atoms with van der Waals surface area (Å²) in [6.45, 7) is 4.51. The molecule has 10 rings (SSSR count). The first kappa shape index (κ1) is 33.4. The van der Waals surface area contributed by atoms with Crippen LogP contribution in [0.2, 0.25) is 0 Å². The molecule has 2 nitrogen and oxygen atoms in total. The lowest BCUT2D eigenvalue weighted by molar-refractivity contribution is 1.26. The van der Waals surface area contributed by atoms with Gasteiger partial charge < -0.3 is 9.80 Å². The molecule has 0 radical (unpaired) electrons. The molecule has 0 saturated carbocycles. The molecule has 0 unspecified atom stereocenters. The van der Waals surface area contributed by atoms with Gasteiger partial charge in [-0.05, 0) is 117 Å². The van der Waals surface area contributed by atoms with Crippen LogP contribution in [0.4, 0.5) is 34.1 Å². The molecule has 0 aliphatic carbocycles. The maximum Gasteiger partial charge on any atom is 0.0540 e. The highest BCUT2D eigenvalue weighted by Crippen LogP contribution is 2.49. The van der Waals surface area contributed by atoms with E-state index in [1.54, 1.807) is 0 Å². The number of hydrogen-bond donors (Lipinski definition) is 0. The van der Waals surface area contributed by atoms with E-state index in [-0.39, 0.29) is 0 Å². The highest BCUT2D eigenvalue weighted by molar-refractivity contribution is 6.28. The molecule has 266 valence electrons. The van der Waals surface area contributed by atoms with E-state index in [0.717, 1.165) is 34.1 Å². The summed E-state index contributed by atoms with van der Waals surface area (Å²) in [6.07, 6.45) is 0. The lowest BCUT2D eigenvalue weighted by atomic mass is 9.91. The average Bonchev–Trinajstić information content (AvgIpc) is 3.26. The molecule has 0 fully saturated rings. The normalized spacial score (nSPS) is 11.4. The Kier molecular flexibility index (Phi) is 8.30. The second-order valence-corrected chi connectivity index (χ2v) is 14.6. The Morgan fingerprint density at radius 2 is 0.643 bits per heavy atom. The average molecular weight is 717 g/mol. The third kappa shape index (κ3) is 5.58. The summed E-state index contributed by atoms with van der Waals surface area (Å²) < 4.78 is 0. The highest BCUT2D eigenvalue weighted by atomic mass is 15.2. The zero-order chi connectivity index (χ0) is 37.6. The van der Waals surface area contributed by atoms with Crippen molar-refractivity contribution in [2.45, 2.75) is 13.8 Å². The monoisotopic (exact) mass is 716 g/mol. The van der Waals surface area contributed by atoms with Crippen LogP contribution in [-0.2, 0) is 0 Å². The van der Waals surface area contributed by atoms with Crippen LogP contribution in [0.1, 0.15) is 11.1 Å². The lowest BCUT2D eigenvalue weighted by Crippen LogP contribution is -2.13. The second kappa shape index (κ2) is 13.9. The van der Waals surface area contributed by atoms with Gasteiger partial charge in [0.15, 0.2) is 0 Å². The molecule has 0 N–H and O–H groups in total. The molecule has 0 spiro atoms. The predicted octanol–water partition coefficient (Wildman–Crippen LogP) is 15.5. The third-order valence-electron chi connectivity index (χ3n) is 11.4. The summed E-state index contributed by atoms with van der Waals surface area (Å²) in [4.78, 5) is 4.90. The number of hydrogen-bond acceptors (Lipinski definition) is 2. The van der Waals surface area contributed by atoms with Crippen LogP contribution in [0, 0.1) is 13.8 Å². The molecule has 0 amide bonds. The zero-order valence-corrected chi connectivity index (χ0v) is 31.5. The van der Waals surface area contributed by atoms with Crippen molar-refractivity contribution < 1.29 is 0 Å². The summed E-state index contributed by atoms with van der Waals surface area (Å²) in [5.74, 6) is 0. The summed E-state index contributed by atoms with van der Waals surface area (Å²) in [7, 11) is 0. The van der Waals surface area contributed by atoms with Crippen LogP contribution >= 0.6 is 0 Å². The van der Waals surface area contributed by atoms with Crippen molar-refractivity contribution >= 4 is 66.4 Å². The fourth-order valence-corrected chi connectivity index (χ4v) is 8.72. The van der Waals surface area contributed by atoms with E-state index in [2.05, 4.69) is 230 Å². The molecule has 10 aromatic carbocycles. The molecule has 0 aromatic heterocycles. The smallest absolute Gasteiger partial charge is 0.0540 e. The van der Waals surface area contributed by atoms with Crippen LogP contribution < -0.4 is 9.80 Å². The van der Waals surface area contributed by atoms with E-state index < -0.39 is 0 Å². The van der Waals surface area contributed by atoms with Crippen molar-refractivity contribution in [1.29, 1.82) is 0 Å². The first-order valence-electron chi connectivity index (χ1n) is 19.4. The second-order valence-electron chi connectivity index (χ2n) is 14.6. The Labute approximate surface area is 328 Å². The molecule has 0 bridgehead atoms. The molecule has 0 aliphatic rings. The van der Waals surface area contributed by atoms with Crippen LogP contribution in [-0.4, -0.2) is 0 Å². The van der Waals surface area contributed by atoms with E-state index in [4.69, 9.17) is 0 Å². The third-order valence-corrected chi connectivity index (χ3v) is 11.4. The summed E-state index contributed by atoms with van der Waals surface area (Å²) in [5, 5.41) is 7.46. The SMILES string of the molecule is Cc1c(-c2ccccc2)cccc1N(c1ccccc1)c1ccc2ccc3c(N(c4ccccc4)c4cccc(-c5ccccc5)c4C)ccc4ccc1c2c43. The zero-order valence-electron chi connectivity index (χ0n) is 31.5. The van der Waals surface area contributed by atoms with Gasteiger partial charge in [0.25, 0.3) is 0 Å². The standard InChI is InChI=1S/C54H40N2/c1-37-45(39-17-7-3-8-18-39)25-15-27-49(37)55(43-21-11-5-12-22-43)51-35-31-41-30-34-48-52(36-32-42-29-33-47(51)53(41)54(42)48)56(44-23-13-6-14-24-44)50-28-16-26-46(38(50)2)40-19-9-4-10-20-40/h3-36H,1-2H3. The first-order chi connectivity index (χ1) is 27.7. The van der Waals surface area contributed by atoms with Crippen LogP contribution in [0.15, 0.2) is 206 Å². The molecule has 2 heteroatoms. The van der Waals surface area contributed by atoms with Crippen molar-refractivity contribution in [3.63, 3.8) is 0 Å². The maximum atomic E-state index is 2.45. The largest absolute Gasteiger partial charge is 0.310 e. The van der Waals surface area contributed by atoms with Gasteiger partial charge in [-0.25, -0.2) is 0 Å². The Balaban J connectivity index is 1.22. The van der Waals surface area contributed by atoms with E-state index in [1.807, 2.05) is 0 Å². The molecule has 0 heterocycles. The molecule has 0 atom stereocenters. The summed E-state index contributed by atoms with van der Waals surface area (Å²) in [5.41, 5.74) is 14.3. The summed E-state index contributed by atoms with van der Waals surface area (Å²) in [6, 6.07) is 74.9. The van der Waals surface area contributed by atoms with Gasteiger partial charge in [-0.3, -0.25) is 0 Å². The molecular weight excluding hydrogens is 677 g/mol. The predicted molar refractivity (Wildman–Crippen MR) is 240 cm³/mol. The Morgan fingerprint density at radius 3 is 1.04 bits per heavy atom. The lowest BCUT2D eigenvalue weighted by Gasteiger charge is -2.31. The van der Waals surface area contributed by atoms with Gasteiger partial charge in [0.05, 0.1) is 11.4 Å². The number of rotatable bonds is 8. The highest BCUT2D eigenvalue weighted by Gasteiger charge is 2.24. The maximum absolute atomic E-state index is 2.45. The van der Waals surface area contributed by atoms with Crippen molar-refractivity contribution in [3.8, 4) is 22.3 Å². The minimum atomic E-state index is 1.13. The van der Waals surface area contributed by atoms with E-state index in [9.17, 15) is 0 Å².